The Morgan fingerprint density at radius 1 is 1.27 bits per heavy atom. The molecule has 2 atom stereocenters. The Bertz CT molecular complexity index is 827. The van der Waals surface area contributed by atoms with Crippen molar-refractivity contribution in [2.24, 2.45) is 5.92 Å². The minimum absolute atomic E-state index is 0.209. The minimum Gasteiger partial charge on any atom is -0.480 e. The molecule has 26 heavy (non-hydrogen) atoms. The molecular formula is C20H25N3O3. The predicted molar refractivity (Wildman–Crippen MR) is 98.1 cm³/mol. The molecule has 6 nitrogen and oxygen atoms in total. The van der Waals surface area contributed by atoms with Gasteiger partial charge in [0.2, 0.25) is 0 Å². The third-order valence-electron chi connectivity index (χ3n) is 5.02. The average molecular weight is 355 g/mol. The number of nitrogens with zero attached hydrogens (tertiary/aromatic N) is 3. The summed E-state index contributed by atoms with van der Waals surface area (Å²) in [7, 11) is 0. The number of carboxylic acid groups (broad SMARTS) is 1. The maximum absolute atomic E-state index is 12.9. The molecule has 1 amide bonds. The van der Waals surface area contributed by atoms with Gasteiger partial charge in [0.1, 0.15) is 6.04 Å². The van der Waals surface area contributed by atoms with Crippen molar-refractivity contribution in [3.8, 4) is 0 Å². The van der Waals surface area contributed by atoms with Crippen molar-refractivity contribution in [2.75, 3.05) is 6.54 Å². The monoisotopic (exact) mass is 355 g/mol. The van der Waals surface area contributed by atoms with Gasteiger partial charge in [-0.25, -0.2) is 4.79 Å². The van der Waals surface area contributed by atoms with E-state index in [1.54, 1.807) is 6.07 Å². The summed E-state index contributed by atoms with van der Waals surface area (Å²) in [6.07, 6.45) is 1.34. The van der Waals surface area contributed by atoms with E-state index in [2.05, 4.69) is 5.10 Å². The van der Waals surface area contributed by atoms with Crippen LogP contribution in [0.1, 0.15) is 47.1 Å². The van der Waals surface area contributed by atoms with Crippen LogP contribution in [0.15, 0.2) is 30.3 Å². The van der Waals surface area contributed by atoms with Crippen LogP contribution in [-0.2, 0) is 11.3 Å². The first-order chi connectivity index (χ1) is 12.3. The first-order valence-corrected chi connectivity index (χ1v) is 8.99. The van der Waals surface area contributed by atoms with Crippen molar-refractivity contribution in [1.82, 2.24) is 14.7 Å². The highest BCUT2D eigenvalue weighted by Crippen LogP contribution is 2.25. The molecule has 2 unspecified atom stereocenters. The molecule has 2 heterocycles. The zero-order chi connectivity index (χ0) is 18.8. The molecule has 1 aliphatic heterocycles. The molecule has 1 fully saturated rings. The molecule has 6 heteroatoms. The summed E-state index contributed by atoms with van der Waals surface area (Å²) in [5.74, 6) is -0.819. The van der Waals surface area contributed by atoms with E-state index in [0.29, 0.717) is 31.0 Å². The fourth-order valence-electron chi connectivity index (χ4n) is 3.60. The highest BCUT2D eigenvalue weighted by Gasteiger charge is 2.35. The number of rotatable bonds is 4. The van der Waals surface area contributed by atoms with Gasteiger partial charge in [-0.15, -0.1) is 0 Å². The molecule has 0 spiro atoms. The Morgan fingerprint density at radius 3 is 2.69 bits per heavy atom. The quantitative estimate of drug-likeness (QED) is 0.915. The fraction of sp³-hybridized carbons (Fsp3) is 0.450. The van der Waals surface area contributed by atoms with Gasteiger partial charge in [0.05, 0.1) is 12.2 Å². The predicted octanol–water partition coefficient (Wildman–Crippen LogP) is 2.87. The summed E-state index contributed by atoms with van der Waals surface area (Å²) in [4.78, 5) is 26.0. The van der Waals surface area contributed by atoms with Crippen molar-refractivity contribution < 1.29 is 14.7 Å². The van der Waals surface area contributed by atoms with Crippen LogP contribution >= 0.6 is 0 Å². The molecular weight excluding hydrogens is 330 g/mol. The van der Waals surface area contributed by atoms with Gasteiger partial charge >= 0.3 is 5.97 Å². The molecule has 138 valence electrons. The number of piperidine rings is 1. The normalized spacial score (nSPS) is 20.2. The van der Waals surface area contributed by atoms with E-state index in [1.807, 2.05) is 49.7 Å². The lowest BCUT2D eigenvalue weighted by Gasteiger charge is -2.36. The molecule has 0 radical (unpaired) electrons. The number of carbonyl (C=O) groups excluding carboxylic acids is 1. The third-order valence-corrected chi connectivity index (χ3v) is 5.02. The smallest absolute Gasteiger partial charge is 0.326 e. The van der Waals surface area contributed by atoms with Gasteiger partial charge in [0, 0.05) is 17.8 Å². The largest absolute Gasteiger partial charge is 0.480 e. The number of aryl methyl sites for hydroxylation is 2. The van der Waals surface area contributed by atoms with Crippen molar-refractivity contribution in [3.63, 3.8) is 0 Å². The zero-order valence-electron chi connectivity index (χ0n) is 15.5. The van der Waals surface area contributed by atoms with Crippen LogP contribution in [0.5, 0.6) is 0 Å². The molecule has 1 N–H and O–H groups in total. The second kappa shape index (κ2) is 7.32. The van der Waals surface area contributed by atoms with E-state index in [0.717, 1.165) is 23.4 Å². The molecule has 2 aromatic rings. The first-order valence-electron chi connectivity index (χ1n) is 8.99. The van der Waals surface area contributed by atoms with Gasteiger partial charge in [-0.05, 0) is 56.4 Å². The molecule has 1 aromatic heterocycles. The second-order valence-corrected chi connectivity index (χ2v) is 7.27. The van der Waals surface area contributed by atoms with Crippen molar-refractivity contribution in [2.45, 2.75) is 46.2 Å². The number of aliphatic carboxylic acids is 1. The highest BCUT2D eigenvalue weighted by molar-refractivity contribution is 5.96. The molecule has 3 rings (SSSR count). The summed E-state index contributed by atoms with van der Waals surface area (Å²) in [5, 5.41) is 14.0. The zero-order valence-corrected chi connectivity index (χ0v) is 15.5. The first kappa shape index (κ1) is 18.2. The summed E-state index contributed by atoms with van der Waals surface area (Å²) in [6, 6.07) is 8.67. The number of likely N-dealkylation sites (tertiary alicyclic amines) is 1. The molecule has 1 aliphatic rings. The maximum atomic E-state index is 12.9. The SMILES string of the molecule is Cc1cc(C)n(Cc2cccc(C(=O)N3CCC(C)CC3C(=O)O)c2)n1. The van der Waals surface area contributed by atoms with Crippen molar-refractivity contribution >= 4 is 11.9 Å². The Kier molecular flexibility index (Phi) is 5.11. The molecule has 1 saturated heterocycles. The lowest BCUT2D eigenvalue weighted by molar-refractivity contribution is -0.144. The van der Waals surface area contributed by atoms with Crippen LogP contribution in [0.2, 0.25) is 0 Å². The van der Waals surface area contributed by atoms with Gasteiger partial charge in [0.25, 0.3) is 5.91 Å². The van der Waals surface area contributed by atoms with E-state index in [4.69, 9.17) is 0 Å². The summed E-state index contributed by atoms with van der Waals surface area (Å²) < 4.78 is 1.90. The van der Waals surface area contributed by atoms with Crippen LogP contribution in [0.4, 0.5) is 0 Å². The van der Waals surface area contributed by atoms with Crippen molar-refractivity contribution in [1.29, 1.82) is 0 Å². The Labute approximate surface area is 153 Å². The van der Waals surface area contributed by atoms with Crippen LogP contribution in [-0.4, -0.2) is 44.3 Å². The number of hydrogen-bond donors (Lipinski definition) is 1. The summed E-state index contributed by atoms with van der Waals surface area (Å²) in [5.41, 5.74) is 3.53. The number of carboxylic acids is 1. The Hall–Kier alpha value is -2.63. The van der Waals surface area contributed by atoms with Crippen LogP contribution in [0.3, 0.4) is 0 Å². The van der Waals surface area contributed by atoms with Crippen LogP contribution in [0.25, 0.3) is 0 Å². The number of carbonyl (C=O) groups is 2. The van der Waals surface area contributed by atoms with Gasteiger partial charge < -0.3 is 10.0 Å². The van der Waals surface area contributed by atoms with Crippen molar-refractivity contribution in [3.05, 3.63) is 52.8 Å². The second-order valence-electron chi connectivity index (χ2n) is 7.27. The van der Waals surface area contributed by atoms with E-state index >= 15 is 0 Å². The van der Waals surface area contributed by atoms with Gasteiger partial charge in [0.15, 0.2) is 0 Å². The number of aromatic nitrogens is 2. The number of benzene rings is 1. The molecule has 0 bridgehead atoms. The summed E-state index contributed by atoms with van der Waals surface area (Å²) in [6.45, 7) is 7.06. The fourth-order valence-corrected chi connectivity index (χ4v) is 3.60. The van der Waals surface area contributed by atoms with Crippen LogP contribution in [0, 0.1) is 19.8 Å². The summed E-state index contributed by atoms with van der Waals surface area (Å²) >= 11 is 0. The lowest BCUT2D eigenvalue weighted by Crippen LogP contribution is -2.49. The van der Waals surface area contributed by atoms with E-state index in [-0.39, 0.29) is 5.91 Å². The highest BCUT2D eigenvalue weighted by atomic mass is 16.4. The molecule has 0 saturated carbocycles. The number of amides is 1. The maximum Gasteiger partial charge on any atom is 0.326 e. The Morgan fingerprint density at radius 2 is 2.04 bits per heavy atom. The Balaban J connectivity index is 1.81. The van der Waals surface area contributed by atoms with Gasteiger partial charge in [-0.2, -0.15) is 5.10 Å². The average Bonchev–Trinajstić information content (AvgIpc) is 2.91. The minimum atomic E-state index is -0.927. The van der Waals surface area contributed by atoms with E-state index in [1.165, 1.54) is 4.90 Å². The van der Waals surface area contributed by atoms with Crippen LogP contribution < -0.4 is 0 Å². The topological polar surface area (TPSA) is 75.4 Å². The van der Waals surface area contributed by atoms with E-state index in [9.17, 15) is 14.7 Å². The molecule has 1 aromatic carbocycles. The van der Waals surface area contributed by atoms with E-state index < -0.39 is 12.0 Å². The molecule has 0 aliphatic carbocycles. The third kappa shape index (κ3) is 3.79. The van der Waals surface area contributed by atoms with Gasteiger partial charge in [-0.3, -0.25) is 9.48 Å². The number of hydrogen-bond acceptors (Lipinski definition) is 3. The standard InChI is InChI=1S/C20H25N3O3/c1-13-7-8-22(18(9-13)20(25)26)19(24)17-6-4-5-16(11-17)12-23-15(3)10-14(2)21-23/h4-6,10-11,13,18H,7-9,12H2,1-3H3,(H,25,26). The van der Waals surface area contributed by atoms with Gasteiger partial charge in [-0.1, -0.05) is 19.1 Å². The lowest BCUT2D eigenvalue weighted by atomic mass is 9.91.